The first-order valence-corrected chi connectivity index (χ1v) is 14.0. The zero-order chi connectivity index (χ0) is 30.1. The lowest BCUT2D eigenvalue weighted by Crippen LogP contribution is -2.47. The van der Waals surface area contributed by atoms with Gasteiger partial charge in [-0.25, -0.2) is 4.98 Å². The third kappa shape index (κ3) is 5.64. The van der Waals surface area contributed by atoms with Gasteiger partial charge in [0.05, 0.1) is 36.5 Å². The summed E-state index contributed by atoms with van der Waals surface area (Å²) in [5.74, 6) is 0.101. The number of imidazole rings is 1. The van der Waals surface area contributed by atoms with E-state index in [1.807, 2.05) is 17.9 Å². The highest BCUT2D eigenvalue weighted by atomic mass is 19.4. The predicted molar refractivity (Wildman–Crippen MR) is 152 cm³/mol. The summed E-state index contributed by atoms with van der Waals surface area (Å²) in [6.07, 6.45) is 2.32. The Labute approximate surface area is 243 Å². The van der Waals surface area contributed by atoms with E-state index in [1.165, 1.54) is 39.9 Å². The number of fused-ring (bicyclic) bond motifs is 1. The van der Waals surface area contributed by atoms with Gasteiger partial charge in [0.15, 0.2) is 5.82 Å². The third-order valence-electron chi connectivity index (χ3n) is 7.52. The number of nitrogens with zero attached hydrogens (tertiary/aromatic N) is 7. The molecule has 2 aliphatic rings. The molecular formula is C28H30F3N9O3. The van der Waals surface area contributed by atoms with Gasteiger partial charge >= 0.3 is 6.18 Å². The number of aromatic nitrogens is 6. The number of amides is 1. The molecule has 4 aromatic rings. The topological polar surface area (TPSA) is 124 Å². The van der Waals surface area contributed by atoms with E-state index in [-0.39, 0.29) is 29.3 Å². The number of nitrogens with one attached hydrogen (secondary N) is 2. The summed E-state index contributed by atoms with van der Waals surface area (Å²) >= 11 is 0. The maximum absolute atomic E-state index is 13.8. The van der Waals surface area contributed by atoms with E-state index in [2.05, 4.69) is 25.7 Å². The minimum absolute atomic E-state index is 0.171. The van der Waals surface area contributed by atoms with E-state index >= 15 is 0 Å². The van der Waals surface area contributed by atoms with Gasteiger partial charge in [-0.05, 0) is 36.6 Å². The lowest BCUT2D eigenvalue weighted by molar-refractivity contribution is -0.137. The number of carbonyl (C=O) groups excluding carboxylic acids is 1. The summed E-state index contributed by atoms with van der Waals surface area (Å²) < 4.78 is 50.7. The number of hydrogen-bond donors (Lipinski definition) is 2. The van der Waals surface area contributed by atoms with Crippen LogP contribution in [0.5, 0.6) is 0 Å². The number of anilines is 2. The molecular weight excluding hydrogens is 567 g/mol. The molecule has 0 atom stereocenters. The highest BCUT2D eigenvalue weighted by Gasteiger charge is 2.34. The van der Waals surface area contributed by atoms with E-state index in [1.54, 1.807) is 4.57 Å². The molecule has 6 rings (SSSR count). The van der Waals surface area contributed by atoms with Crippen molar-refractivity contribution in [1.82, 2.24) is 34.0 Å². The summed E-state index contributed by atoms with van der Waals surface area (Å²) in [4.78, 5) is 37.9. The normalized spacial score (nSPS) is 16.0. The molecule has 12 nitrogen and oxygen atoms in total. The Kier molecular flexibility index (Phi) is 7.75. The number of alkyl halides is 3. The maximum atomic E-state index is 13.8. The second-order valence-electron chi connectivity index (χ2n) is 10.2. The average molecular weight is 598 g/mol. The van der Waals surface area contributed by atoms with Crippen LogP contribution in [0.1, 0.15) is 30.4 Å². The van der Waals surface area contributed by atoms with Crippen molar-refractivity contribution in [3.63, 3.8) is 0 Å². The lowest BCUT2D eigenvalue weighted by Gasteiger charge is -2.31. The molecule has 43 heavy (non-hydrogen) atoms. The van der Waals surface area contributed by atoms with Crippen LogP contribution in [0.2, 0.25) is 0 Å². The average Bonchev–Trinajstić information content (AvgIpc) is 3.70. The number of benzene rings is 1. The third-order valence-corrected chi connectivity index (χ3v) is 7.52. The van der Waals surface area contributed by atoms with Crippen LogP contribution >= 0.6 is 0 Å². The van der Waals surface area contributed by atoms with Crippen molar-refractivity contribution in [3.8, 4) is 5.69 Å². The first kappa shape index (κ1) is 28.6. The number of carbonyl (C=O) groups is 1. The summed E-state index contributed by atoms with van der Waals surface area (Å²) in [7, 11) is 0. The van der Waals surface area contributed by atoms with E-state index in [9.17, 15) is 22.8 Å². The van der Waals surface area contributed by atoms with Crippen LogP contribution in [0.25, 0.3) is 17.0 Å². The maximum Gasteiger partial charge on any atom is 0.418 e. The Morgan fingerprint density at radius 1 is 1.21 bits per heavy atom. The van der Waals surface area contributed by atoms with Gasteiger partial charge < -0.3 is 29.4 Å². The summed E-state index contributed by atoms with van der Waals surface area (Å²) in [5.41, 5.74) is 0.760. The van der Waals surface area contributed by atoms with Gasteiger partial charge in [0.25, 0.3) is 5.56 Å². The Hall–Kier alpha value is -4.50. The number of ether oxygens (including phenoxy) is 1. The molecule has 1 fully saturated rings. The van der Waals surface area contributed by atoms with Crippen LogP contribution in [-0.4, -0.2) is 74.0 Å². The van der Waals surface area contributed by atoms with Crippen LogP contribution in [-0.2, 0) is 28.7 Å². The van der Waals surface area contributed by atoms with Crippen LogP contribution in [0, 0.1) is 0 Å². The molecule has 2 aliphatic heterocycles. The smallest absolute Gasteiger partial charge is 0.377 e. The molecule has 0 saturated carbocycles. The van der Waals surface area contributed by atoms with E-state index in [0.717, 1.165) is 11.6 Å². The second kappa shape index (κ2) is 11.6. The fraction of sp³-hybridized carbons (Fsp3) is 0.393. The quantitative estimate of drug-likeness (QED) is 0.333. The summed E-state index contributed by atoms with van der Waals surface area (Å²) in [6, 6.07) is 3.39. The van der Waals surface area contributed by atoms with Gasteiger partial charge in [-0.15, -0.1) is 5.10 Å². The molecule has 1 aromatic carbocycles. The van der Waals surface area contributed by atoms with Crippen molar-refractivity contribution in [2.45, 2.75) is 32.5 Å². The summed E-state index contributed by atoms with van der Waals surface area (Å²) in [5, 5.41) is 10.6. The molecule has 1 saturated heterocycles. The lowest BCUT2D eigenvalue weighted by atomic mass is 10.1. The fourth-order valence-electron chi connectivity index (χ4n) is 5.49. The molecule has 0 unspecified atom stereocenters. The molecule has 226 valence electrons. The molecule has 3 aromatic heterocycles. The Bertz CT molecular complexity index is 1740. The first-order valence-electron chi connectivity index (χ1n) is 14.0. The zero-order valence-electron chi connectivity index (χ0n) is 23.4. The van der Waals surface area contributed by atoms with Crippen molar-refractivity contribution < 1.29 is 22.7 Å². The van der Waals surface area contributed by atoms with Crippen molar-refractivity contribution in [3.05, 3.63) is 70.4 Å². The largest absolute Gasteiger partial charge is 0.418 e. The fourth-order valence-corrected chi connectivity index (χ4v) is 5.49. The highest BCUT2D eigenvalue weighted by molar-refractivity contribution is 5.91. The van der Waals surface area contributed by atoms with Crippen LogP contribution in [0.3, 0.4) is 0 Å². The van der Waals surface area contributed by atoms with E-state index in [0.29, 0.717) is 69.4 Å². The molecule has 15 heteroatoms. The Morgan fingerprint density at radius 2 is 2.02 bits per heavy atom. The number of halogens is 3. The summed E-state index contributed by atoms with van der Waals surface area (Å²) in [6.45, 7) is 5.18. The molecule has 1 amide bonds. The standard InChI is InChI=1S/C28H30F3N9O3/c1-2-21-24(37-10-7-32-8-11-37)26(42)40-27(35-25(36-40)18-5-13-43-14-6-18)39(21)16-23(41)34-19-3-4-20(28(29,30)31)22(15-19)38-12-9-33-17-38/h3-5,9,12,15,17,32H,2,6-8,10-11,13-14,16H2,1H3,(H,34,41). The van der Waals surface area contributed by atoms with Crippen LogP contribution < -0.4 is 21.1 Å². The highest BCUT2D eigenvalue weighted by Crippen LogP contribution is 2.35. The number of hydrogen-bond acceptors (Lipinski definition) is 8. The predicted octanol–water partition coefficient (Wildman–Crippen LogP) is 2.51. The van der Waals surface area contributed by atoms with E-state index < -0.39 is 17.6 Å². The van der Waals surface area contributed by atoms with Gasteiger partial charge in [-0.3, -0.25) is 9.59 Å². The van der Waals surface area contributed by atoms with Crippen molar-refractivity contribution in [1.29, 1.82) is 0 Å². The van der Waals surface area contributed by atoms with Gasteiger partial charge in [-0.1, -0.05) is 13.0 Å². The SMILES string of the molecule is CCc1c(N2CCNCC2)c(=O)n2nc(C3=CCOCC3)nc2n1CC(=O)Nc1ccc(C(F)(F)F)c(-n2ccnc2)c1. The molecule has 2 N–H and O–H groups in total. The van der Waals surface area contributed by atoms with Crippen molar-refractivity contribution in [2.24, 2.45) is 0 Å². The minimum atomic E-state index is -4.61. The minimum Gasteiger partial charge on any atom is -0.377 e. The molecule has 0 bridgehead atoms. The van der Waals surface area contributed by atoms with Crippen molar-refractivity contribution in [2.75, 3.05) is 49.6 Å². The molecule has 0 radical (unpaired) electrons. The Morgan fingerprint density at radius 3 is 2.70 bits per heavy atom. The van der Waals surface area contributed by atoms with Gasteiger partial charge in [0, 0.05) is 44.3 Å². The van der Waals surface area contributed by atoms with Gasteiger partial charge in [-0.2, -0.15) is 22.7 Å². The number of piperazine rings is 1. The molecule has 0 aliphatic carbocycles. The van der Waals surface area contributed by atoms with Crippen LogP contribution in [0.4, 0.5) is 24.5 Å². The first-order chi connectivity index (χ1) is 20.7. The second-order valence-corrected chi connectivity index (χ2v) is 10.2. The number of rotatable bonds is 7. The zero-order valence-corrected chi connectivity index (χ0v) is 23.4. The molecule has 0 spiro atoms. The monoisotopic (exact) mass is 597 g/mol. The van der Waals surface area contributed by atoms with E-state index in [4.69, 9.17) is 4.74 Å². The van der Waals surface area contributed by atoms with Gasteiger partial charge in [0.1, 0.15) is 12.2 Å². The van der Waals surface area contributed by atoms with Crippen LogP contribution in [0.15, 0.2) is 47.8 Å². The van der Waals surface area contributed by atoms with Crippen molar-refractivity contribution >= 4 is 28.6 Å². The Balaban J connectivity index is 1.40. The van der Waals surface area contributed by atoms with Gasteiger partial charge in [0.2, 0.25) is 11.7 Å². The molecule has 5 heterocycles.